The van der Waals surface area contributed by atoms with Crippen molar-refractivity contribution in [2.24, 2.45) is 0 Å². The van der Waals surface area contributed by atoms with Crippen LogP contribution in [0.3, 0.4) is 0 Å². The van der Waals surface area contributed by atoms with Crippen molar-refractivity contribution in [2.45, 2.75) is 35.9 Å². The van der Waals surface area contributed by atoms with Crippen molar-refractivity contribution in [3.8, 4) is 34.6 Å². The summed E-state index contributed by atoms with van der Waals surface area (Å²) in [6.07, 6.45) is 1.67. The van der Waals surface area contributed by atoms with Gasteiger partial charge in [-0.05, 0) is 60.7 Å². The number of nitrogens with zero attached hydrogens (tertiary/aromatic N) is 2. The molecule has 1 saturated carbocycles. The van der Waals surface area contributed by atoms with Gasteiger partial charge in [-0.25, -0.2) is 22.9 Å². The molecular formula is C30H27N5O7S. The SMILES string of the molecule is COc1ccc2c(c1)C(=O)N(CC1(C#Cc3nc(-c4ccc(S(=O)(=O)NC5CC5)cc4)ccc3OC)NC(=O)NC1=O)C2. The van der Waals surface area contributed by atoms with E-state index in [0.717, 1.165) is 18.4 Å². The van der Waals surface area contributed by atoms with Crippen molar-refractivity contribution >= 4 is 27.9 Å². The van der Waals surface area contributed by atoms with Gasteiger partial charge in [0.15, 0.2) is 11.4 Å². The molecule has 3 N–H and O–H groups in total. The molecule has 1 saturated heterocycles. The Morgan fingerprint density at radius 3 is 2.47 bits per heavy atom. The van der Waals surface area contributed by atoms with Crippen molar-refractivity contribution in [3.05, 3.63) is 71.4 Å². The third kappa shape index (κ3) is 5.50. The number of hydrogen-bond acceptors (Lipinski definition) is 8. The highest BCUT2D eigenvalue weighted by Gasteiger charge is 2.48. The third-order valence-corrected chi connectivity index (χ3v) is 8.93. The minimum Gasteiger partial charge on any atom is -0.497 e. The maximum absolute atomic E-state index is 13.2. The Balaban J connectivity index is 1.30. The summed E-state index contributed by atoms with van der Waals surface area (Å²) >= 11 is 0. The van der Waals surface area contributed by atoms with Crippen molar-refractivity contribution in [2.75, 3.05) is 20.8 Å². The molecule has 6 rings (SSSR count). The average Bonchev–Trinajstić information content (AvgIpc) is 3.69. The van der Waals surface area contributed by atoms with Crippen molar-refractivity contribution in [3.63, 3.8) is 0 Å². The second-order valence-corrected chi connectivity index (χ2v) is 12.1. The number of ether oxygens (including phenoxy) is 2. The van der Waals surface area contributed by atoms with Crippen LogP contribution in [0.5, 0.6) is 11.5 Å². The number of methoxy groups -OCH3 is 2. The predicted octanol–water partition coefficient (Wildman–Crippen LogP) is 1.79. The predicted molar refractivity (Wildman–Crippen MR) is 154 cm³/mol. The van der Waals surface area contributed by atoms with Gasteiger partial charge in [-0.2, -0.15) is 0 Å². The zero-order chi connectivity index (χ0) is 30.4. The molecule has 4 amide bonds. The summed E-state index contributed by atoms with van der Waals surface area (Å²) < 4.78 is 38.4. The molecular weight excluding hydrogens is 574 g/mol. The van der Waals surface area contributed by atoms with Gasteiger partial charge in [-0.3, -0.25) is 14.9 Å². The quantitative estimate of drug-likeness (QED) is 0.261. The Bertz CT molecular complexity index is 1830. The van der Waals surface area contributed by atoms with E-state index in [1.807, 2.05) is 0 Å². The third-order valence-electron chi connectivity index (χ3n) is 7.40. The van der Waals surface area contributed by atoms with Gasteiger partial charge in [0.2, 0.25) is 15.6 Å². The van der Waals surface area contributed by atoms with Crippen LogP contribution in [0.1, 0.15) is 34.5 Å². The number of aromatic nitrogens is 1. The number of fused-ring (bicyclic) bond motifs is 1. The fraction of sp³-hybridized carbons (Fsp3) is 0.267. The first-order valence-corrected chi connectivity index (χ1v) is 14.9. The fourth-order valence-corrected chi connectivity index (χ4v) is 6.24. The number of urea groups is 1. The number of sulfonamides is 1. The number of carbonyl (C=O) groups excluding carboxylic acids is 3. The Morgan fingerprint density at radius 2 is 1.81 bits per heavy atom. The van der Waals surface area contributed by atoms with Crippen molar-refractivity contribution in [1.29, 1.82) is 0 Å². The Morgan fingerprint density at radius 1 is 1.05 bits per heavy atom. The number of hydrogen-bond donors (Lipinski definition) is 3. The molecule has 0 spiro atoms. The van der Waals surface area contributed by atoms with Gasteiger partial charge in [-0.1, -0.05) is 24.1 Å². The molecule has 0 radical (unpaired) electrons. The second kappa shape index (κ2) is 10.7. The number of pyridine rings is 1. The summed E-state index contributed by atoms with van der Waals surface area (Å²) in [6, 6.07) is 14.1. The molecule has 43 heavy (non-hydrogen) atoms. The fourth-order valence-electron chi connectivity index (χ4n) is 4.93. The van der Waals surface area contributed by atoms with Crippen LogP contribution in [0.25, 0.3) is 11.3 Å². The van der Waals surface area contributed by atoms with Crippen LogP contribution >= 0.6 is 0 Å². The van der Waals surface area contributed by atoms with E-state index in [1.54, 1.807) is 42.5 Å². The standard InChI is InChI=1S/C30H27N5O7S/c1-41-21-8-3-19-16-35(27(36)23(19)15-21)17-30(28(37)32-29(38)33-30)14-13-25-26(42-2)12-11-24(31-25)18-4-9-22(10-5-18)43(39,40)34-20-6-7-20/h3-5,8-12,15,20,34H,6-7,16-17H2,1-2H3,(H2,32,33,37,38). The van der Waals surface area contributed by atoms with Crippen LogP contribution in [-0.4, -0.2) is 68.5 Å². The molecule has 2 fully saturated rings. The molecule has 220 valence electrons. The van der Waals surface area contributed by atoms with Crippen molar-refractivity contribution < 1.29 is 32.3 Å². The molecule has 3 aromatic rings. The van der Waals surface area contributed by atoms with E-state index in [4.69, 9.17) is 9.47 Å². The Kier molecular flexibility index (Phi) is 7.03. The molecule has 1 unspecified atom stereocenters. The van der Waals surface area contributed by atoms with E-state index in [2.05, 4.69) is 32.2 Å². The first-order valence-electron chi connectivity index (χ1n) is 13.4. The second-order valence-electron chi connectivity index (χ2n) is 10.4. The summed E-state index contributed by atoms with van der Waals surface area (Å²) in [7, 11) is -0.651. The molecule has 2 aromatic carbocycles. The molecule has 1 aliphatic carbocycles. The van der Waals surface area contributed by atoms with Gasteiger partial charge in [-0.15, -0.1) is 0 Å². The van der Waals surface area contributed by atoms with Crippen LogP contribution in [0, 0.1) is 11.8 Å². The first-order chi connectivity index (χ1) is 20.6. The summed E-state index contributed by atoms with van der Waals surface area (Å²) in [6.45, 7) is 0.0178. The number of benzene rings is 2. The van der Waals surface area contributed by atoms with Crippen LogP contribution < -0.4 is 24.8 Å². The number of amides is 4. The monoisotopic (exact) mass is 601 g/mol. The van der Waals surface area contributed by atoms with Gasteiger partial charge in [0.25, 0.3) is 11.8 Å². The summed E-state index contributed by atoms with van der Waals surface area (Å²) in [5.41, 5.74) is 0.765. The lowest BCUT2D eigenvalue weighted by molar-refractivity contribution is -0.122. The van der Waals surface area contributed by atoms with Crippen LogP contribution in [-0.2, 0) is 21.4 Å². The minimum absolute atomic E-state index is 0.00786. The summed E-state index contributed by atoms with van der Waals surface area (Å²) in [5, 5.41) is 4.80. The molecule has 3 aliphatic rings. The van der Waals surface area contributed by atoms with E-state index < -0.39 is 27.5 Å². The number of carbonyl (C=O) groups is 3. The van der Waals surface area contributed by atoms with Crippen LogP contribution in [0.4, 0.5) is 4.79 Å². The lowest BCUT2D eigenvalue weighted by Crippen LogP contribution is -2.54. The zero-order valence-electron chi connectivity index (χ0n) is 23.3. The lowest BCUT2D eigenvalue weighted by Gasteiger charge is -2.26. The molecule has 0 bridgehead atoms. The molecule has 2 aliphatic heterocycles. The topological polar surface area (TPSA) is 156 Å². The highest BCUT2D eigenvalue weighted by Crippen LogP contribution is 2.29. The van der Waals surface area contributed by atoms with E-state index in [-0.39, 0.29) is 35.6 Å². The maximum atomic E-state index is 13.2. The van der Waals surface area contributed by atoms with Gasteiger partial charge in [0.05, 0.1) is 31.4 Å². The molecule has 1 aromatic heterocycles. The first kappa shape index (κ1) is 28.2. The number of rotatable bonds is 8. The Labute approximate surface area is 247 Å². The molecule has 3 heterocycles. The smallest absolute Gasteiger partial charge is 0.323 e. The molecule has 13 heteroatoms. The largest absolute Gasteiger partial charge is 0.497 e. The van der Waals surface area contributed by atoms with E-state index in [1.165, 1.54) is 31.3 Å². The van der Waals surface area contributed by atoms with E-state index >= 15 is 0 Å². The van der Waals surface area contributed by atoms with Crippen molar-refractivity contribution in [1.82, 2.24) is 25.2 Å². The Hall–Kier alpha value is -4.93. The van der Waals surface area contributed by atoms with Crippen LogP contribution in [0.2, 0.25) is 0 Å². The highest BCUT2D eigenvalue weighted by atomic mass is 32.2. The van der Waals surface area contributed by atoms with E-state index in [0.29, 0.717) is 28.3 Å². The van der Waals surface area contributed by atoms with Gasteiger partial charge in [0, 0.05) is 23.7 Å². The normalized spacial score (nSPS) is 19.3. The number of imide groups is 1. The number of nitrogens with one attached hydrogen (secondary N) is 3. The zero-order valence-corrected chi connectivity index (χ0v) is 24.1. The van der Waals surface area contributed by atoms with Gasteiger partial charge < -0.3 is 19.7 Å². The summed E-state index contributed by atoms with van der Waals surface area (Å²) in [4.78, 5) is 44.7. The lowest BCUT2D eigenvalue weighted by atomic mass is 9.99. The van der Waals surface area contributed by atoms with Gasteiger partial charge >= 0.3 is 6.03 Å². The van der Waals surface area contributed by atoms with Crippen LogP contribution in [0.15, 0.2) is 59.5 Å². The summed E-state index contributed by atoms with van der Waals surface area (Å²) in [5.74, 6) is 5.56. The highest BCUT2D eigenvalue weighted by molar-refractivity contribution is 7.89. The molecule has 12 nitrogen and oxygen atoms in total. The minimum atomic E-state index is -3.60. The molecule has 1 atom stereocenters. The maximum Gasteiger partial charge on any atom is 0.323 e. The average molecular weight is 602 g/mol. The van der Waals surface area contributed by atoms with Gasteiger partial charge in [0.1, 0.15) is 5.75 Å². The van der Waals surface area contributed by atoms with E-state index in [9.17, 15) is 22.8 Å².